The predicted molar refractivity (Wildman–Crippen MR) is 67.5 cm³/mol. The number of carboxylic acids is 1. The zero-order chi connectivity index (χ0) is 12.3. The Labute approximate surface area is 104 Å². The lowest BCUT2D eigenvalue weighted by molar-refractivity contribution is 0.0690. The van der Waals surface area contributed by atoms with Crippen molar-refractivity contribution >= 4 is 23.5 Å². The number of anilines is 1. The molecule has 2 N–H and O–H groups in total. The van der Waals surface area contributed by atoms with Gasteiger partial charge in [0.2, 0.25) is 0 Å². The number of aromatic nitrogens is 2. The maximum atomic E-state index is 11.0. The van der Waals surface area contributed by atoms with Crippen LogP contribution in [0.2, 0.25) is 0 Å². The summed E-state index contributed by atoms with van der Waals surface area (Å²) in [6, 6.07) is 1.96. The number of hydrogen-bond donors (Lipinski definition) is 2. The molecule has 2 rings (SSSR count). The van der Waals surface area contributed by atoms with E-state index in [1.807, 2.05) is 0 Å². The van der Waals surface area contributed by atoms with Gasteiger partial charge in [0, 0.05) is 12.1 Å². The lowest BCUT2D eigenvalue weighted by atomic mass is 10.3. The second kappa shape index (κ2) is 5.35. The van der Waals surface area contributed by atoms with Gasteiger partial charge in [-0.25, -0.2) is 14.8 Å². The number of hydrogen-bond acceptors (Lipinski definition) is 5. The van der Waals surface area contributed by atoms with E-state index >= 15 is 0 Å². The minimum absolute atomic E-state index is 0.0647. The molecule has 1 aliphatic carbocycles. The third-order valence-corrected chi connectivity index (χ3v) is 3.23. The SMILES string of the molecule is CCSCc1nc(NC2CC2)cc(C(=O)O)n1. The highest BCUT2D eigenvalue weighted by Gasteiger charge is 2.22. The Balaban J connectivity index is 2.17. The lowest BCUT2D eigenvalue weighted by Gasteiger charge is -2.07. The molecule has 0 amide bonds. The summed E-state index contributed by atoms with van der Waals surface area (Å²) in [5.74, 6) is 1.82. The number of nitrogens with one attached hydrogen (secondary N) is 1. The summed E-state index contributed by atoms with van der Waals surface area (Å²) in [7, 11) is 0. The van der Waals surface area contributed by atoms with E-state index in [0.29, 0.717) is 23.4 Å². The molecule has 0 bridgehead atoms. The first-order valence-electron chi connectivity index (χ1n) is 5.64. The first kappa shape index (κ1) is 12.2. The van der Waals surface area contributed by atoms with Gasteiger partial charge in [-0.1, -0.05) is 6.92 Å². The van der Waals surface area contributed by atoms with Crippen LogP contribution in [0.25, 0.3) is 0 Å². The van der Waals surface area contributed by atoms with Gasteiger partial charge in [0.25, 0.3) is 0 Å². The molecule has 1 aromatic rings. The molecule has 0 aliphatic heterocycles. The standard InChI is InChI=1S/C11H15N3O2S/c1-2-17-6-10-13-8(11(15)16)5-9(14-10)12-7-3-4-7/h5,7H,2-4,6H2,1H3,(H,15,16)(H,12,13,14). The molecule has 1 aliphatic rings. The predicted octanol–water partition coefficient (Wildman–Crippen LogP) is 2.00. The van der Waals surface area contributed by atoms with Crippen molar-refractivity contribution in [3.05, 3.63) is 17.6 Å². The molecular weight excluding hydrogens is 238 g/mol. The van der Waals surface area contributed by atoms with Crippen LogP contribution in [0, 0.1) is 0 Å². The number of thioether (sulfide) groups is 1. The number of carboxylic acid groups (broad SMARTS) is 1. The quantitative estimate of drug-likeness (QED) is 0.807. The fourth-order valence-corrected chi connectivity index (χ4v) is 1.89. The summed E-state index contributed by atoms with van der Waals surface area (Å²) in [6.07, 6.45) is 2.26. The van der Waals surface area contributed by atoms with Crippen LogP contribution in [0.1, 0.15) is 36.1 Å². The minimum Gasteiger partial charge on any atom is -0.477 e. The molecule has 1 saturated carbocycles. The second-order valence-electron chi connectivity index (χ2n) is 3.92. The monoisotopic (exact) mass is 253 g/mol. The third kappa shape index (κ3) is 3.59. The first-order chi connectivity index (χ1) is 8.19. The Kier molecular flexibility index (Phi) is 3.83. The van der Waals surface area contributed by atoms with Crippen molar-refractivity contribution in [3.63, 3.8) is 0 Å². The number of carbonyl (C=O) groups is 1. The van der Waals surface area contributed by atoms with Crippen LogP contribution in [-0.4, -0.2) is 32.8 Å². The van der Waals surface area contributed by atoms with Crippen molar-refractivity contribution in [2.45, 2.75) is 31.6 Å². The molecule has 0 unspecified atom stereocenters. The molecule has 92 valence electrons. The van der Waals surface area contributed by atoms with Crippen molar-refractivity contribution in [1.29, 1.82) is 0 Å². The van der Waals surface area contributed by atoms with Crippen LogP contribution < -0.4 is 5.32 Å². The van der Waals surface area contributed by atoms with E-state index in [9.17, 15) is 4.79 Å². The summed E-state index contributed by atoms with van der Waals surface area (Å²) in [5.41, 5.74) is 0.0647. The molecule has 1 fully saturated rings. The molecule has 1 aromatic heterocycles. The number of rotatable bonds is 6. The zero-order valence-electron chi connectivity index (χ0n) is 9.64. The van der Waals surface area contributed by atoms with Crippen LogP contribution in [0.3, 0.4) is 0 Å². The molecule has 0 atom stereocenters. The Morgan fingerprint density at radius 1 is 1.59 bits per heavy atom. The number of nitrogens with zero attached hydrogens (tertiary/aromatic N) is 2. The fraction of sp³-hybridized carbons (Fsp3) is 0.545. The van der Waals surface area contributed by atoms with Gasteiger partial charge in [-0.2, -0.15) is 11.8 Å². The van der Waals surface area contributed by atoms with Crippen LogP contribution in [-0.2, 0) is 5.75 Å². The summed E-state index contributed by atoms with van der Waals surface area (Å²) >= 11 is 1.68. The van der Waals surface area contributed by atoms with Crippen LogP contribution in [0.4, 0.5) is 5.82 Å². The van der Waals surface area contributed by atoms with E-state index in [1.165, 1.54) is 6.07 Å². The third-order valence-electron chi connectivity index (χ3n) is 2.36. The van der Waals surface area contributed by atoms with Crippen molar-refractivity contribution < 1.29 is 9.90 Å². The highest BCUT2D eigenvalue weighted by atomic mass is 32.2. The molecule has 0 radical (unpaired) electrons. The van der Waals surface area contributed by atoms with E-state index in [4.69, 9.17) is 5.11 Å². The normalized spacial score (nSPS) is 14.6. The van der Waals surface area contributed by atoms with Crippen LogP contribution in [0.15, 0.2) is 6.07 Å². The van der Waals surface area contributed by atoms with Gasteiger partial charge in [0.05, 0.1) is 5.75 Å². The first-order valence-corrected chi connectivity index (χ1v) is 6.80. The van der Waals surface area contributed by atoms with E-state index in [2.05, 4.69) is 22.2 Å². The molecule has 0 saturated heterocycles. The van der Waals surface area contributed by atoms with E-state index in [0.717, 1.165) is 18.6 Å². The van der Waals surface area contributed by atoms with Crippen LogP contribution >= 0.6 is 11.8 Å². The lowest BCUT2D eigenvalue weighted by Crippen LogP contribution is -2.10. The molecular formula is C11H15N3O2S. The summed E-state index contributed by atoms with van der Waals surface area (Å²) in [4.78, 5) is 19.3. The zero-order valence-corrected chi connectivity index (χ0v) is 10.5. The average molecular weight is 253 g/mol. The average Bonchev–Trinajstić information content (AvgIpc) is 3.10. The maximum absolute atomic E-state index is 11.0. The second-order valence-corrected chi connectivity index (χ2v) is 5.19. The van der Waals surface area contributed by atoms with Gasteiger partial charge < -0.3 is 10.4 Å². The van der Waals surface area contributed by atoms with E-state index in [-0.39, 0.29) is 5.69 Å². The van der Waals surface area contributed by atoms with Crippen molar-refractivity contribution in [1.82, 2.24) is 9.97 Å². The van der Waals surface area contributed by atoms with Gasteiger partial charge in [0.1, 0.15) is 11.6 Å². The Hall–Kier alpha value is -1.30. The maximum Gasteiger partial charge on any atom is 0.354 e. The van der Waals surface area contributed by atoms with E-state index in [1.54, 1.807) is 11.8 Å². The highest BCUT2D eigenvalue weighted by molar-refractivity contribution is 7.98. The molecule has 1 heterocycles. The Morgan fingerprint density at radius 3 is 2.94 bits per heavy atom. The Bertz CT molecular complexity index is 421. The molecule has 0 aromatic carbocycles. The summed E-state index contributed by atoms with van der Waals surface area (Å²) < 4.78 is 0. The smallest absolute Gasteiger partial charge is 0.354 e. The largest absolute Gasteiger partial charge is 0.477 e. The van der Waals surface area contributed by atoms with Gasteiger partial charge in [-0.05, 0) is 18.6 Å². The van der Waals surface area contributed by atoms with Crippen molar-refractivity contribution in [2.75, 3.05) is 11.1 Å². The van der Waals surface area contributed by atoms with Gasteiger partial charge in [-0.3, -0.25) is 0 Å². The molecule has 17 heavy (non-hydrogen) atoms. The van der Waals surface area contributed by atoms with Gasteiger partial charge in [-0.15, -0.1) is 0 Å². The fourth-order valence-electron chi connectivity index (χ4n) is 1.38. The van der Waals surface area contributed by atoms with Gasteiger partial charge in [0.15, 0.2) is 5.69 Å². The van der Waals surface area contributed by atoms with Crippen molar-refractivity contribution in [3.8, 4) is 0 Å². The molecule has 6 heteroatoms. The number of aromatic carboxylic acids is 1. The molecule has 0 spiro atoms. The summed E-state index contributed by atoms with van der Waals surface area (Å²) in [5, 5.41) is 12.2. The van der Waals surface area contributed by atoms with Crippen LogP contribution in [0.5, 0.6) is 0 Å². The minimum atomic E-state index is -1.01. The topological polar surface area (TPSA) is 75.1 Å². The molecule has 5 nitrogen and oxygen atoms in total. The highest BCUT2D eigenvalue weighted by Crippen LogP contribution is 2.24. The van der Waals surface area contributed by atoms with Gasteiger partial charge >= 0.3 is 5.97 Å². The Morgan fingerprint density at radius 2 is 2.35 bits per heavy atom. The summed E-state index contributed by atoms with van der Waals surface area (Å²) in [6.45, 7) is 2.05. The van der Waals surface area contributed by atoms with E-state index < -0.39 is 5.97 Å². The van der Waals surface area contributed by atoms with Crippen molar-refractivity contribution in [2.24, 2.45) is 0 Å².